The number of rotatable bonds is 5. The second-order valence-corrected chi connectivity index (χ2v) is 6.00. The standard InChI is InChI=1S/C18H15FN6O2/c1-23-11-9-20-17(23)15(12-5-7-13(19)8-6-12)22-16-18(25(26)27)24-10-3-2-4-14(24)21-16/h2-11,15,22H,1H3/t15-/m1/s1. The van der Waals surface area contributed by atoms with Crippen molar-refractivity contribution < 1.29 is 9.31 Å². The summed E-state index contributed by atoms with van der Waals surface area (Å²) in [6.45, 7) is 0. The number of nitrogens with zero attached hydrogens (tertiary/aromatic N) is 5. The van der Waals surface area contributed by atoms with E-state index in [1.54, 1.807) is 53.5 Å². The number of aryl methyl sites for hydroxylation is 1. The number of benzene rings is 1. The fourth-order valence-electron chi connectivity index (χ4n) is 3.00. The molecule has 9 heteroatoms. The molecule has 1 aromatic carbocycles. The van der Waals surface area contributed by atoms with Crippen LogP contribution < -0.4 is 5.32 Å². The Labute approximate surface area is 153 Å². The van der Waals surface area contributed by atoms with E-state index in [1.165, 1.54) is 16.5 Å². The van der Waals surface area contributed by atoms with Crippen molar-refractivity contribution >= 4 is 17.3 Å². The van der Waals surface area contributed by atoms with Gasteiger partial charge in [0.2, 0.25) is 11.5 Å². The average molecular weight is 366 g/mol. The molecule has 0 radical (unpaired) electrons. The van der Waals surface area contributed by atoms with Crippen LogP contribution in [0.25, 0.3) is 5.65 Å². The zero-order valence-corrected chi connectivity index (χ0v) is 14.3. The molecule has 1 atom stereocenters. The molecule has 0 aliphatic carbocycles. The number of imidazole rings is 2. The molecular formula is C18H15FN6O2. The molecule has 8 nitrogen and oxygen atoms in total. The molecule has 4 rings (SSSR count). The molecule has 0 unspecified atom stereocenters. The number of nitro groups is 1. The van der Waals surface area contributed by atoms with Gasteiger partial charge in [-0.25, -0.2) is 9.37 Å². The summed E-state index contributed by atoms with van der Waals surface area (Å²) in [6.07, 6.45) is 4.98. The van der Waals surface area contributed by atoms with E-state index in [-0.39, 0.29) is 17.5 Å². The van der Waals surface area contributed by atoms with Gasteiger partial charge in [-0.2, -0.15) is 9.38 Å². The van der Waals surface area contributed by atoms with E-state index < -0.39 is 11.0 Å². The Balaban J connectivity index is 1.84. The first kappa shape index (κ1) is 16.7. The molecule has 27 heavy (non-hydrogen) atoms. The monoisotopic (exact) mass is 366 g/mol. The van der Waals surface area contributed by atoms with Gasteiger partial charge in [-0.05, 0) is 28.7 Å². The Bertz CT molecular complexity index is 1120. The Morgan fingerprint density at radius 2 is 1.96 bits per heavy atom. The quantitative estimate of drug-likeness (QED) is 0.432. The molecule has 0 amide bonds. The van der Waals surface area contributed by atoms with Crippen molar-refractivity contribution in [1.82, 2.24) is 18.9 Å². The van der Waals surface area contributed by atoms with Crippen LogP contribution in [0.4, 0.5) is 16.0 Å². The van der Waals surface area contributed by atoms with Crippen molar-refractivity contribution in [3.8, 4) is 0 Å². The largest absolute Gasteiger partial charge is 0.372 e. The summed E-state index contributed by atoms with van der Waals surface area (Å²) in [5, 5.41) is 14.8. The van der Waals surface area contributed by atoms with Gasteiger partial charge in [0.25, 0.3) is 0 Å². The van der Waals surface area contributed by atoms with Gasteiger partial charge >= 0.3 is 5.82 Å². The Morgan fingerprint density at radius 3 is 2.63 bits per heavy atom. The lowest BCUT2D eigenvalue weighted by Gasteiger charge is -2.18. The van der Waals surface area contributed by atoms with Gasteiger partial charge in [-0.15, -0.1) is 0 Å². The lowest BCUT2D eigenvalue weighted by atomic mass is 10.1. The lowest BCUT2D eigenvalue weighted by molar-refractivity contribution is -0.389. The second kappa shape index (κ2) is 6.52. The second-order valence-electron chi connectivity index (χ2n) is 6.00. The summed E-state index contributed by atoms with van der Waals surface area (Å²) in [6, 6.07) is 10.5. The lowest BCUT2D eigenvalue weighted by Crippen LogP contribution is -2.17. The molecule has 0 spiro atoms. The van der Waals surface area contributed by atoms with Crippen LogP contribution in [0.5, 0.6) is 0 Å². The van der Waals surface area contributed by atoms with Crippen molar-refractivity contribution in [2.45, 2.75) is 6.04 Å². The van der Waals surface area contributed by atoms with Crippen LogP contribution >= 0.6 is 0 Å². The minimum absolute atomic E-state index is 0.114. The number of halogens is 1. The van der Waals surface area contributed by atoms with Crippen LogP contribution in [-0.2, 0) is 7.05 Å². The first-order valence-electron chi connectivity index (χ1n) is 8.15. The van der Waals surface area contributed by atoms with Gasteiger partial charge in [0.1, 0.15) is 17.7 Å². The number of nitrogens with one attached hydrogen (secondary N) is 1. The van der Waals surface area contributed by atoms with Crippen molar-refractivity contribution in [1.29, 1.82) is 0 Å². The highest BCUT2D eigenvalue weighted by molar-refractivity contribution is 5.63. The van der Waals surface area contributed by atoms with Crippen LogP contribution in [0.3, 0.4) is 0 Å². The predicted molar refractivity (Wildman–Crippen MR) is 96.9 cm³/mol. The van der Waals surface area contributed by atoms with E-state index in [0.29, 0.717) is 17.0 Å². The Morgan fingerprint density at radius 1 is 1.19 bits per heavy atom. The SMILES string of the molecule is Cn1ccnc1[C@H](Nc1nc2ccccn2c1[N+](=O)[O-])c1ccc(F)cc1. The average Bonchev–Trinajstić information content (AvgIpc) is 3.23. The topological polar surface area (TPSA) is 90.3 Å². The van der Waals surface area contributed by atoms with Crippen molar-refractivity contribution in [2.75, 3.05) is 5.32 Å². The molecule has 1 N–H and O–H groups in total. The number of hydrogen-bond acceptors (Lipinski definition) is 5. The van der Waals surface area contributed by atoms with E-state index in [1.807, 2.05) is 7.05 Å². The third kappa shape index (κ3) is 2.99. The molecule has 0 fully saturated rings. The van der Waals surface area contributed by atoms with Crippen LogP contribution in [0.15, 0.2) is 61.1 Å². The van der Waals surface area contributed by atoms with Gasteiger partial charge in [0, 0.05) is 25.5 Å². The van der Waals surface area contributed by atoms with E-state index in [4.69, 9.17) is 0 Å². The molecule has 0 bridgehead atoms. The van der Waals surface area contributed by atoms with Gasteiger partial charge in [0.05, 0.1) is 6.20 Å². The van der Waals surface area contributed by atoms with Gasteiger partial charge in [-0.3, -0.25) is 0 Å². The highest BCUT2D eigenvalue weighted by atomic mass is 19.1. The zero-order chi connectivity index (χ0) is 19.0. The number of aromatic nitrogens is 4. The van der Waals surface area contributed by atoms with Crippen LogP contribution in [0.2, 0.25) is 0 Å². The number of pyridine rings is 1. The maximum atomic E-state index is 13.4. The molecule has 0 saturated heterocycles. The number of anilines is 1. The number of fused-ring (bicyclic) bond motifs is 1. The van der Waals surface area contributed by atoms with Crippen molar-refractivity contribution in [3.63, 3.8) is 0 Å². The summed E-state index contributed by atoms with van der Waals surface area (Å²) in [4.78, 5) is 19.9. The highest BCUT2D eigenvalue weighted by Gasteiger charge is 2.27. The Hall–Kier alpha value is -3.75. The highest BCUT2D eigenvalue weighted by Crippen LogP contribution is 2.31. The fraction of sp³-hybridized carbons (Fsp3) is 0.111. The minimum Gasteiger partial charge on any atom is -0.358 e. The smallest absolute Gasteiger partial charge is 0.358 e. The summed E-state index contributed by atoms with van der Waals surface area (Å²) in [7, 11) is 1.82. The maximum absolute atomic E-state index is 13.4. The van der Waals surface area contributed by atoms with Crippen molar-refractivity contribution in [2.24, 2.45) is 7.05 Å². The van der Waals surface area contributed by atoms with Crippen LogP contribution in [0.1, 0.15) is 17.4 Å². The van der Waals surface area contributed by atoms with E-state index in [0.717, 1.165) is 0 Å². The summed E-state index contributed by atoms with van der Waals surface area (Å²) >= 11 is 0. The zero-order valence-electron chi connectivity index (χ0n) is 14.3. The van der Waals surface area contributed by atoms with Gasteiger partial charge in [-0.1, -0.05) is 18.2 Å². The molecule has 0 saturated carbocycles. The minimum atomic E-state index is -0.547. The molecule has 3 aromatic heterocycles. The summed E-state index contributed by atoms with van der Waals surface area (Å²) < 4.78 is 16.6. The maximum Gasteiger partial charge on any atom is 0.372 e. The molecule has 3 heterocycles. The number of hydrogen-bond donors (Lipinski definition) is 1. The van der Waals surface area contributed by atoms with Gasteiger partial charge in [0.15, 0.2) is 0 Å². The van der Waals surface area contributed by atoms with E-state index in [9.17, 15) is 14.5 Å². The first-order chi connectivity index (χ1) is 13.0. The van der Waals surface area contributed by atoms with Crippen LogP contribution in [-0.4, -0.2) is 23.9 Å². The molecule has 0 aliphatic rings. The third-order valence-corrected chi connectivity index (χ3v) is 4.28. The van der Waals surface area contributed by atoms with Crippen LogP contribution in [0, 0.1) is 15.9 Å². The first-order valence-corrected chi connectivity index (χ1v) is 8.15. The fourth-order valence-corrected chi connectivity index (χ4v) is 3.00. The molecular weight excluding hydrogens is 351 g/mol. The van der Waals surface area contributed by atoms with Gasteiger partial charge < -0.3 is 20.0 Å². The third-order valence-electron chi connectivity index (χ3n) is 4.28. The Kier molecular flexibility index (Phi) is 4.03. The summed E-state index contributed by atoms with van der Waals surface area (Å²) in [5.74, 6) is 0.194. The predicted octanol–water partition coefficient (Wildman–Crippen LogP) is 3.32. The normalized spacial score (nSPS) is 12.2. The molecule has 136 valence electrons. The van der Waals surface area contributed by atoms with E-state index in [2.05, 4.69) is 15.3 Å². The summed E-state index contributed by atoms with van der Waals surface area (Å²) in [5.41, 5.74) is 1.15. The molecule has 4 aromatic rings. The molecule has 0 aliphatic heterocycles. The van der Waals surface area contributed by atoms with E-state index >= 15 is 0 Å². The van der Waals surface area contributed by atoms with Crippen molar-refractivity contribution in [3.05, 3.63) is 88.4 Å².